The van der Waals surface area contributed by atoms with Crippen LogP contribution >= 0.6 is 11.6 Å². The number of hydrogen-bond donors (Lipinski definition) is 0. The Balaban J connectivity index is 1.73. The highest BCUT2D eigenvalue weighted by atomic mass is 35.5. The molecule has 0 unspecified atom stereocenters. The van der Waals surface area contributed by atoms with E-state index in [0.717, 1.165) is 5.56 Å². The molecule has 0 amide bonds. The minimum atomic E-state index is 0.0792. The molecule has 0 aliphatic heterocycles. The quantitative estimate of drug-likeness (QED) is 0.701. The summed E-state index contributed by atoms with van der Waals surface area (Å²) in [5.41, 5.74) is 1.24. The molecular weight excluding hydrogens is 330 g/mol. The van der Waals surface area contributed by atoms with Crippen molar-refractivity contribution in [2.24, 2.45) is 0 Å². The normalized spacial score (nSPS) is 10.2. The van der Waals surface area contributed by atoms with E-state index in [2.05, 4.69) is 10.1 Å². The van der Waals surface area contributed by atoms with Crippen LogP contribution in [0.5, 0.6) is 11.5 Å². The maximum Gasteiger partial charge on any atom is 0.264 e. The lowest BCUT2D eigenvalue weighted by Gasteiger charge is -2.08. The Morgan fingerprint density at radius 1 is 1.21 bits per heavy atom. The van der Waals surface area contributed by atoms with Gasteiger partial charge in [0, 0.05) is 16.7 Å². The zero-order valence-corrected chi connectivity index (χ0v) is 13.4. The first-order valence-electron chi connectivity index (χ1n) is 6.99. The number of benzene rings is 2. The number of aromatic nitrogens is 2. The van der Waals surface area contributed by atoms with Gasteiger partial charge in [0.25, 0.3) is 5.89 Å². The highest BCUT2D eigenvalue weighted by Gasteiger charge is 2.11. The molecule has 0 aliphatic carbocycles. The van der Waals surface area contributed by atoms with Crippen LogP contribution in [-0.2, 0) is 6.61 Å². The Bertz CT molecular complexity index is 902. The van der Waals surface area contributed by atoms with Crippen LogP contribution in [0.1, 0.15) is 11.5 Å². The smallest absolute Gasteiger partial charge is 0.264 e. The molecule has 1 heterocycles. The summed E-state index contributed by atoms with van der Waals surface area (Å²) in [4.78, 5) is 4.27. The molecule has 2 aromatic carbocycles. The van der Waals surface area contributed by atoms with E-state index in [1.165, 1.54) is 7.11 Å². The first-order chi connectivity index (χ1) is 11.7. The molecule has 0 aliphatic rings. The van der Waals surface area contributed by atoms with Gasteiger partial charge in [-0.2, -0.15) is 10.2 Å². The number of rotatable bonds is 5. The third kappa shape index (κ3) is 3.47. The fourth-order valence-corrected chi connectivity index (χ4v) is 2.24. The van der Waals surface area contributed by atoms with E-state index in [-0.39, 0.29) is 6.61 Å². The molecule has 0 saturated heterocycles. The number of hydrogen-bond acceptors (Lipinski definition) is 6. The second-order valence-corrected chi connectivity index (χ2v) is 5.22. The molecule has 1 aromatic heterocycles. The molecule has 3 aromatic rings. The fraction of sp³-hybridized carbons (Fsp3) is 0.118. The highest BCUT2D eigenvalue weighted by Crippen LogP contribution is 2.28. The monoisotopic (exact) mass is 341 g/mol. The molecule has 0 N–H and O–H groups in total. The average molecular weight is 342 g/mol. The minimum absolute atomic E-state index is 0.0792. The lowest BCUT2D eigenvalue weighted by Crippen LogP contribution is -1.98. The van der Waals surface area contributed by atoms with Gasteiger partial charge in [-0.1, -0.05) is 28.9 Å². The Labute approximate surface area is 143 Å². The predicted molar refractivity (Wildman–Crippen MR) is 86.8 cm³/mol. The van der Waals surface area contributed by atoms with Gasteiger partial charge in [0.05, 0.1) is 18.7 Å². The third-order valence-corrected chi connectivity index (χ3v) is 3.43. The number of methoxy groups -OCH3 is 1. The molecular formula is C17H12ClN3O3. The van der Waals surface area contributed by atoms with Gasteiger partial charge in [-0.3, -0.25) is 0 Å². The molecule has 0 spiro atoms. The fourth-order valence-electron chi connectivity index (χ4n) is 2.05. The van der Waals surface area contributed by atoms with Crippen LogP contribution in [-0.4, -0.2) is 17.3 Å². The van der Waals surface area contributed by atoms with E-state index < -0.39 is 0 Å². The Kier molecular flexibility index (Phi) is 4.64. The van der Waals surface area contributed by atoms with Crippen LogP contribution in [0, 0.1) is 11.3 Å². The topological polar surface area (TPSA) is 81.2 Å². The van der Waals surface area contributed by atoms with Crippen LogP contribution in [0.3, 0.4) is 0 Å². The van der Waals surface area contributed by atoms with Crippen LogP contribution in [0.15, 0.2) is 47.0 Å². The maximum atomic E-state index is 8.90. The Morgan fingerprint density at radius 3 is 2.83 bits per heavy atom. The molecule has 0 bridgehead atoms. The summed E-state index contributed by atoms with van der Waals surface area (Å²) < 4.78 is 16.0. The Morgan fingerprint density at radius 2 is 2.08 bits per heavy atom. The first kappa shape index (κ1) is 15.8. The molecule has 0 fully saturated rings. The van der Waals surface area contributed by atoms with E-state index in [4.69, 9.17) is 30.9 Å². The zero-order chi connectivity index (χ0) is 16.9. The summed E-state index contributed by atoms with van der Waals surface area (Å²) in [5.74, 6) is 1.70. The molecule has 0 atom stereocenters. The van der Waals surface area contributed by atoms with Crippen molar-refractivity contribution >= 4 is 11.6 Å². The molecule has 6 nitrogen and oxygen atoms in total. The number of ether oxygens (including phenoxy) is 2. The second kappa shape index (κ2) is 7.02. The van der Waals surface area contributed by atoms with Crippen molar-refractivity contribution in [2.45, 2.75) is 6.61 Å². The number of nitrogens with zero attached hydrogens (tertiary/aromatic N) is 3. The molecule has 7 heteroatoms. The summed E-state index contributed by atoms with van der Waals surface area (Å²) >= 11 is 5.95. The van der Waals surface area contributed by atoms with Crippen LogP contribution in [0.2, 0.25) is 5.02 Å². The van der Waals surface area contributed by atoms with Gasteiger partial charge in [0.2, 0.25) is 5.82 Å². The largest absolute Gasteiger partial charge is 0.493 e. The summed E-state index contributed by atoms with van der Waals surface area (Å²) in [7, 11) is 1.51. The van der Waals surface area contributed by atoms with Crippen molar-refractivity contribution in [1.29, 1.82) is 5.26 Å². The van der Waals surface area contributed by atoms with Gasteiger partial charge in [-0.15, -0.1) is 0 Å². The zero-order valence-electron chi connectivity index (χ0n) is 12.7. The van der Waals surface area contributed by atoms with Gasteiger partial charge in [0.15, 0.2) is 18.1 Å². The van der Waals surface area contributed by atoms with Crippen molar-refractivity contribution < 1.29 is 14.0 Å². The van der Waals surface area contributed by atoms with Crippen molar-refractivity contribution in [3.63, 3.8) is 0 Å². The van der Waals surface area contributed by atoms with Crippen LogP contribution in [0.25, 0.3) is 11.4 Å². The van der Waals surface area contributed by atoms with E-state index in [1.807, 2.05) is 18.2 Å². The Hall–Kier alpha value is -3.04. The minimum Gasteiger partial charge on any atom is -0.493 e. The van der Waals surface area contributed by atoms with E-state index in [1.54, 1.807) is 30.3 Å². The predicted octanol–water partition coefficient (Wildman–Crippen LogP) is 3.85. The molecule has 24 heavy (non-hydrogen) atoms. The third-order valence-electron chi connectivity index (χ3n) is 3.19. The standard InChI is InChI=1S/C17H12ClN3O3/c1-22-15-7-11(9-19)5-6-14(15)23-10-16-20-17(21-24-16)12-3-2-4-13(18)8-12/h2-8H,10H2,1H3. The maximum absolute atomic E-state index is 8.90. The van der Waals surface area contributed by atoms with Crippen molar-refractivity contribution in [2.75, 3.05) is 7.11 Å². The highest BCUT2D eigenvalue weighted by molar-refractivity contribution is 6.30. The van der Waals surface area contributed by atoms with E-state index in [9.17, 15) is 0 Å². The SMILES string of the molecule is COc1cc(C#N)ccc1OCc1nc(-c2cccc(Cl)c2)no1. The molecule has 120 valence electrons. The molecule has 0 saturated carbocycles. The number of nitriles is 1. The first-order valence-corrected chi connectivity index (χ1v) is 7.37. The van der Waals surface area contributed by atoms with Crippen molar-refractivity contribution in [3.8, 4) is 29.0 Å². The average Bonchev–Trinajstić information content (AvgIpc) is 3.09. The summed E-state index contributed by atoms with van der Waals surface area (Å²) in [6.45, 7) is 0.0792. The van der Waals surface area contributed by atoms with Gasteiger partial charge < -0.3 is 14.0 Å². The summed E-state index contributed by atoms with van der Waals surface area (Å²) in [6.07, 6.45) is 0. The molecule has 0 radical (unpaired) electrons. The van der Waals surface area contributed by atoms with E-state index >= 15 is 0 Å². The lowest BCUT2D eigenvalue weighted by atomic mass is 10.2. The van der Waals surface area contributed by atoms with Gasteiger partial charge in [-0.05, 0) is 24.3 Å². The number of halogens is 1. The van der Waals surface area contributed by atoms with Gasteiger partial charge in [-0.25, -0.2) is 0 Å². The van der Waals surface area contributed by atoms with Crippen LogP contribution in [0.4, 0.5) is 0 Å². The molecule has 3 rings (SSSR count). The van der Waals surface area contributed by atoms with Gasteiger partial charge in [0.1, 0.15) is 0 Å². The van der Waals surface area contributed by atoms with Crippen molar-refractivity contribution in [3.05, 3.63) is 58.9 Å². The summed E-state index contributed by atoms with van der Waals surface area (Å²) in [6, 6.07) is 14.1. The van der Waals surface area contributed by atoms with Crippen molar-refractivity contribution in [1.82, 2.24) is 10.1 Å². The second-order valence-electron chi connectivity index (χ2n) is 4.79. The van der Waals surface area contributed by atoms with Crippen LogP contribution < -0.4 is 9.47 Å². The lowest BCUT2D eigenvalue weighted by molar-refractivity contribution is 0.233. The van der Waals surface area contributed by atoms with Gasteiger partial charge >= 0.3 is 0 Å². The summed E-state index contributed by atoms with van der Waals surface area (Å²) in [5, 5.41) is 13.4. The van der Waals surface area contributed by atoms with E-state index in [0.29, 0.717) is 33.8 Å².